The lowest BCUT2D eigenvalue weighted by Gasteiger charge is -2.23. The molecule has 1 aromatic carbocycles. The standard InChI is InChI=1S/C13H13ClN6O3/c14-9-4-3-8(20(22)23)6-11(9)18-13(21)17-10-2-1-5-19-12(10)15-7-16-19/h3-4,6-7,10H,1-2,5H2,(H2,17,18,21)/t10-/m1/s1. The van der Waals surface area contributed by atoms with E-state index in [1.54, 1.807) is 4.68 Å². The first-order valence-electron chi connectivity index (χ1n) is 6.94. The van der Waals surface area contributed by atoms with E-state index >= 15 is 0 Å². The van der Waals surface area contributed by atoms with E-state index < -0.39 is 11.0 Å². The van der Waals surface area contributed by atoms with Crippen molar-refractivity contribution in [2.24, 2.45) is 0 Å². The summed E-state index contributed by atoms with van der Waals surface area (Å²) in [7, 11) is 0. The van der Waals surface area contributed by atoms with Crippen LogP contribution in [0.4, 0.5) is 16.2 Å². The van der Waals surface area contributed by atoms with Crippen LogP contribution in [0.15, 0.2) is 24.5 Å². The van der Waals surface area contributed by atoms with Gasteiger partial charge in [-0.05, 0) is 18.9 Å². The molecule has 9 nitrogen and oxygen atoms in total. The van der Waals surface area contributed by atoms with Gasteiger partial charge in [0.1, 0.15) is 12.2 Å². The number of nitrogens with zero attached hydrogens (tertiary/aromatic N) is 4. The topological polar surface area (TPSA) is 115 Å². The molecular formula is C13H13ClN6O3. The van der Waals surface area contributed by atoms with E-state index in [9.17, 15) is 14.9 Å². The number of benzene rings is 1. The Kier molecular flexibility index (Phi) is 4.11. The van der Waals surface area contributed by atoms with E-state index in [4.69, 9.17) is 11.6 Å². The van der Waals surface area contributed by atoms with Crippen LogP contribution >= 0.6 is 11.6 Å². The Morgan fingerprint density at radius 3 is 3.09 bits per heavy atom. The lowest BCUT2D eigenvalue weighted by Crippen LogP contribution is -2.36. The molecule has 23 heavy (non-hydrogen) atoms. The van der Waals surface area contributed by atoms with Gasteiger partial charge in [0.25, 0.3) is 5.69 Å². The molecule has 3 rings (SSSR count). The zero-order valence-electron chi connectivity index (χ0n) is 11.9. The van der Waals surface area contributed by atoms with E-state index in [-0.39, 0.29) is 22.4 Å². The third-order valence-corrected chi connectivity index (χ3v) is 3.86. The number of aromatic nitrogens is 3. The Morgan fingerprint density at radius 1 is 1.48 bits per heavy atom. The van der Waals surface area contributed by atoms with Gasteiger partial charge in [0.2, 0.25) is 0 Å². The SMILES string of the molecule is O=C(Nc1cc([N+](=O)[O-])ccc1Cl)N[C@@H]1CCCn2ncnc21. The van der Waals surface area contributed by atoms with Crippen LogP contribution in [-0.2, 0) is 6.54 Å². The van der Waals surface area contributed by atoms with Crippen LogP contribution in [0.5, 0.6) is 0 Å². The van der Waals surface area contributed by atoms with Gasteiger partial charge in [-0.3, -0.25) is 10.1 Å². The van der Waals surface area contributed by atoms with Crippen molar-refractivity contribution in [1.29, 1.82) is 0 Å². The Labute approximate surface area is 135 Å². The second-order valence-electron chi connectivity index (χ2n) is 5.06. The number of anilines is 1. The monoisotopic (exact) mass is 336 g/mol. The van der Waals surface area contributed by atoms with Gasteiger partial charge in [-0.15, -0.1) is 0 Å². The van der Waals surface area contributed by atoms with Gasteiger partial charge in [0.15, 0.2) is 0 Å². The highest BCUT2D eigenvalue weighted by Gasteiger charge is 2.24. The van der Waals surface area contributed by atoms with Crippen molar-refractivity contribution in [2.75, 3.05) is 5.32 Å². The Balaban J connectivity index is 1.71. The fourth-order valence-corrected chi connectivity index (χ4v) is 2.63. The van der Waals surface area contributed by atoms with Crippen LogP contribution in [0.2, 0.25) is 5.02 Å². The van der Waals surface area contributed by atoms with Crippen molar-refractivity contribution < 1.29 is 9.72 Å². The molecule has 0 saturated heterocycles. The minimum Gasteiger partial charge on any atom is -0.328 e. The molecule has 1 aromatic heterocycles. The molecule has 1 aliphatic heterocycles. The number of carbonyl (C=O) groups is 1. The van der Waals surface area contributed by atoms with E-state index in [0.29, 0.717) is 5.82 Å². The third kappa shape index (κ3) is 3.24. The van der Waals surface area contributed by atoms with Gasteiger partial charge in [-0.1, -0.05) is 11.6 Å². The summed E-state index contributed by atoms with van der Waals surface area (Å²) < 4.78 is 1.74. The number of urea groups is 1. The van der Waals surface area contributed by atoms with Crippen LogP contribution in [0.25, 0.3) is 0 Å². The largest absolute Gasteiger partial charge is 0.328 e. The molecule has 2 N–H and O–H groups in total. The number of amides is 2. The predicted octanol–water partition coefficient (Wildman–Crippen LogP) is 2.50. The highest BCUT2D eigenvalue weighted by molar-refractivity contribution is 6.33. The first kappa shape index (κ1) is 15.2. The summed E-state index contributed by atoms with van der Waals surface area (Å²) in [5.41, 5.74) is 0.0257. The van der Waals surface area contributed by atoms with Crippen LogP contribution in [0.3, 0.4) is 0 Å². The molecule has 0 aliphatic carbocycles. The van der Waals surface area contributed by atoms with Gasteiger partial charge >= 0.3 is 6.03 Å². The number of carbonyl (C=O) groups excluding carboxylic acids is 1. The number of nitro benzene ring substituents is 1. The average Bonchev–Trinajstić information content (AvgIpc) is 2.99. The number of hydrogen-bond donors (Lipinski definition) is 2. The van der Waals surface area contributed by atoms with E-state index in [0.717, 1.165) is 19.4 Å². The third-order valence-electron chi connectivity index (χ3n) is 3.53. The van der Waals surface area contributed by atoms with Gasteiger partial charge in [0.05, 0.1) is 21.7 Å². The number of nitro groups is 1. The first-order valence-corrected chi connectivity index (χ1v) is 7.31. The summed E-state index contributed by atoms with van der Waals surface area (Å²) in [6, 6.07) is 3.09. The van der Waals surface area contributed by atoms with E-state index in [2.05, 4.69) is 20.7 Å². The number of rotatable bonds is 3. The van der Waals surface area contributed by atoms with Gasteiger partial charge in [-0.25, -0.2) is 14.5 Å². The number of hydrogen-bond acceptors (Lipinski definition) is 5. The number of non-ortho nitro benzene ring substituents is 1. The van der Waals surface area contributed by atoms with Gasteiger partial charge < -0.3 is 10.6 Å². The Bertz CT molecular complexity index is 762. The maximum absolute atomic E-state index is 12.1. The van der Waals surface area contributed by atoms with Crippen LogP contribution in [-0.4, -0.2) is 25.7 Å². The van der Waals surface area contributed by atoms with Crippen LogP contribution in [0, 0.1) is 10.1 Å². The minimum absolute atomic E-state index is 0.151. The quantitative estimate of drug-likeness (QED) is 0.660. The Hall–Kier alpha value is -2.68. The summed E-state index contributed by atoms with van der Waals surface area (Å²) in [5.74, 6) is 0.691. The van der Waals surface area contributed by atoms with Crippen molar-refractivity contribution in [1.82, 2.24) is 20.1 Å². The number of aryl methyl sites for hydroxylation is 1. The molecule has 2 heterocycles. The molecule has 0 fully saturated rings. The fraction of sp³-hybridized carbons (Fsp3) is 0.308. The van der Waals surface area contributed by atoms with Crippen molar-refractivity contribution in [3.05, 3.63) is 45.5 Å². The summed E-state index contributed by atoms with van der Waals surface area (Å²) in [6.45, 7) is 0.770. The van der Waals surface area contributed by atoms with Crippen LogP contribution < -0.4 is 10.6 Å². The smallest absolute Gasteiger partial charge is 0.319 e. The molecule has 0 saturated carbocycles. The molecule has 0 spiro atoms. The molecule has 0 radical (unpaired) electrons. The zero-order chi connectivity index (χ0) is 16.4. The zero-order valence-corrected chi connectivity index (χ0v) is 12.7. The van der Waals surface area contributed by atoms with Crippen molar-refractivity contribution in [2.45, 2.75) is 25.4 Å². The second-order valence-corrected chi connectivity index (χ2v) is 5.46. The predicted molar refractivity (Wildman–Crippen MR) is 82.3 cm³/mol. The Morgan fingerprint density at radius 2 is 2.30 bits per heavy atom. The fourth-order valence-electron chi connectivity index (χ4n) is 2.47. The van der Waals surface area contributed by atoms with Crippen LogP contribution in [0.1, 0.15) is 24.7 Å². The van der Waals surface area contributed by atoms with Gasteiger partial charge in [-0.2, -0.15) is 5.10 Å². The number of halogens is 1. The first-order chi connectivity index (χ1) is 11.0. The van der Waals surface area contributed by atoms with Crippen molar-refractivity contribution >= 4 is 29.0 Å². The summed E-state index contributed by atoms with van der Waals surface area (Å²) in [6.07, 6.45) is 3.07. The molecule has 2 amide bonds. The highest BCUT2D eigenvalue weighted by Crippen LogP contribution is 2.27. The molecule has 120 valence electrons. The minimum atomic E-state index is -0.553. The van der Waals surface area contributed by atoms with E-state index in [1.807, 2.05) is 0 Å². The molecule has 1 aliphatic rings. The maximum atomic E-state index is 12.1. The second kappa shape index (κ2) is 6.21. The normalized spacial score (nSPS) is 16.5. The van der Waals surface area contributed by atoms with Crippen molar-refractivity contribution in [3.63, 3.8) is 0 Å². The average molecular weight is 337 g/mol. The molecule has 0 unspecified atom stereocenters. The summed E-state index contributed by atoms with van der Waals surface area (Å²) >= 11 is 5.96. The summed E-state index contributed by atoms with van der Waals surface area (Å²) in [5, 5.41) is 20.4. The maximum Gasteiger partial charge on any atom is 0.319 e. The molecule has 10 heteroatoms. The van der Waals surface area contributed by atoms with Crippen molar-refractivity contribution in [3.8, 4) is 0 Å². The number of nitrogens with one attached hydrogen (secondary N) is 2. The highest BCUT2D eigenvalue weighted by atomic mass is 35.5. The lowest BCUT2D eigenvalue weighted by atomic mass is 10.1. The molecule has 1 atom stereocenters. The lowest BCUT2D eigenvalue weighted by molar-refractivity contribution is -0.384. The number of fused-ring (bicyclic) bond motifs is 1. The molecule has 0 bridgehead atoms. The van der Waals surface area contributed by atoms with Gasteiger partial charge in [0, 0.05) is 18.7 Å². The molecular weight excluding hydrogens is 324 g/mol. The summed E-state index contributed by atoms with van der Waals surface area (Å²) in [4.78, 5) is 26.5. The van der Waals surface area contributed by atoms with E-state index in [1.165, 1.54) is 24.5 Å². The molecule has 2 aromatic rings.